The van der Waals surface area contributed by atoms with E-state index in [0.717, 1.165) is 36.0 Å². The first-order valence-electron chi connectivity index (χ1n) is 12.8. The number of allylic oxidation sites excluding steroid dienone is 4. The molecule has 3 aromatic rings. The molecule has 2 aliphatic rings. The van der Waals surface area contributed by atoms with E-state index in [-0.39, 0.29) is 24.7 Å². The van der Waals surface area contributed by atoms with Crippen molar-refractivity contribution in [3.63, 3.8) is 0 Å². The van der Waals surface area contributed by atoms with Gasteiger partial charge in [0.15, 0.2) is 5.78 Å². The van der Waals surface area contributed by atoms with Gasteiger partial charge in [0.05, 0.1) is 18.3 Å². The van der Waals surface area contributed by atoms with Crippen molar-refractivity contribution >= 4 is 17.8 Å². The summed E-state index contributed by atoms with van der Waals surface area (Å²) in [5, 5.41) is 16.3. The van der Waals surface area contributed by atoms with Crippen molar-refractivity contribution in [2.75, 3.05) is 6.61 Å². The van der Waals surface area contributed by atoms with Gasteiger partial charge in [-0.25, -0.2) is 0 Å². The lowest BCUT2D eigenvalue weighted by molar-refractivity contribution is -0.114. The highest BCUT2D eigenvalue weighted by Gasteiger charge is 2.23. The van der Waals surface area contributed by atoms with Gasteiger partial charge in [-0.3, -0.25) is 14.3 Å². The zero-order valence-electron chi connectivity index (χ0n) is 21.0. The number of nitrogens with zero attached hydrogens (tertiary/aromatic N) is 2. The number of aromatic nitrogens is 2. The molecule has 2 aliphatic carbocycles. The van der Waals surface area contributed by atoms with Crippen LogP contribution in [0, 0.1) is 6.92 Å². The van der Waals surface area contributed by atoms with Gasteiger partial charge < -0.3 is 10.4 Å². The zero-order chi connectivity index (χ0) is 25.8. The maximum atomic E-state index is 12.9. The lowest BCUT2D eigenvalue weighted by Gasteiger charge is -2.15. The number of nitrogens with one attached hydrogen (secondary N) is 1. The highest BCUT2D eigenvalue weighted by atomic mass is 16.3. The average molecular weight is 494 g/mol. The highest BCUT2D eigenvalue weighted by molar-refractivity contribution is 6.04. The summed E-state index contributed by atoms with van der Waals surface area (Å²) >= 11 is 0. The highest BCUT2D eigenvalue weighted by Crippen LogP contribution is 2.33. The number of hydrogen-bond acceptors (Lipinski definition) is 4. The lowest BCUT2D eigenvalue weighted by Crippen LogP contribution is -2.24. The van der Waals surface area contributed by atoms with Crippen LogP contribution in [0.4, 0.5) is 0 Å². The third-order valence-electron chi connectivity index (χ3n) is 6.87. The van der Waals surface area contributed by atoms with Gasteiger partial charge in [-0.1, -0.05) is 60.2 Å². The van der Waals surface area contributed by atoms with Crippen LogP contribution in [0.5, 0.6) is 0 Å². The molecule has 0 fully saturated rings. The predicted molar refractivity (Wildman–Crippen MR) is 144 cm³/mol. The maximum Gasteiger partial charge on any atom is 0.258 e. The van der Waals surface area contributed by atoms with Gasteiger partial charge in [-0.2, -0.15) is 5.10 Å². The molecule has 0 spiro atoms. The van der Waals surface area contributed by atoms with Crippen LogP contribution in [0.25, 0.3) is 6.08 Å². The fourth-order valence-corrected chi connectivity index (χ4v) is 4.77. The molecule has 37 heavy (non-hydrogen) atoms. The second kappa shape index (κ2) is 10.9. The first-order chi connectivity index (χ1) is 18.0. The Morgan fingerprint density at radius 3 is 2.70 bits per heavy atom. The number of aliphatic hydroxyl groups is 1. The quantitative estimate of drug-likeness (QED) is 0.423. The van der Waals surface area contributed by atoms with Gasteiger partial charge in [0.1, 0.15) is 0 Å². The minimum atomic E-state index is -0.248. The topological polar surface area (TPSA) is 84.2 Å². The van der Waals surface area contributed by atoms with Gasteiger partial charge in [0, 0.05) is 30.5 Å². The number of ketones is 1. The number of hydrogen-bond donors (Lipinski definition) is 2. The molecule has 6 nitrogen and oxygen atoms in total. The molecule has 0 atom stereocenters. The Morgan fingerprint density at radius 2 is 1.89 bits per heavy atom. The Morgan fingerprint density at radius 1 is 1.08 bits per heavy atom. The molecule has 0 unspecified atom stereocenters. The number of carbonyl (C=O) groups is 2. The Bertz CT molecular complexity index is 1420. The molecule has 0 saturated heterocycles. The first-order valence-corrected chi connectivity index (χ1v) is 12.8. The van der Waals surface area contributed by atoms with Gasteiger partial charge in [0.25, 0.3) is 5.91 Å². The monoisotopic (exact) mass is 493 g/mol. The van der Waals surface area contributed by atoms with Crippen molar-refractivity contribution in [2.24, 2.45) is 0 Å². The molecule has 188 valence electrons. The SMILES string of the molecule is Cc1ccc(Cn2cc(C(=O)NC3=CCC(=O)C(C4=Cc5cc(CCCCO)ccc5C4)=C3)cn2)cc1. The smallest absolute Gasteiger partial charge is 0.258 e. The van der Waals surface area contributed by atoms with E-state index in [0.29, 0.717) is 29.8 Å². The van der Waals surface area contributed by atoms with Crippen LogP contribution in [-0.4, -0.2) is 33.2 Å². The van der Waals surface area contributed by atoms with Crippen molar-refractivity contribution < 1.29 is 14.7 Å². The summed E-state index contributed by atoms with van der Waals surface area (Å²) in [5.41, 5.74) is 8.65. The molecule has 0 radical (unpaired) electrons. The van der Waals surface area contributed by atoms with E-state index in [1.165, 1.54) is 16.7 Å². The van der Waals surface area contributed by atoms with Gasteiger partial charge in [-0.15, -0.1) is 0 Å². The molecule has 1 heterocycles. The van der Waals surface area contributed by atoms with Gasteiger partial charge >= 0.3 is 0 Å². The summed E-state index contributed by atoms with van der Waals surface area (Å²) < 4.78 is 1.75. The van der Waals surface area contributed by atoms with Crippen LogP contribution in [-0.2, 0) is 24.2 Å². The first kappa shape index (κ1) is 24.7. The Hall–Kier alpha value is -4.03. The zero-order valence-corrected chi connectivity index (χ0v) is 21.0. The van der Waals surface area contributed by atoms with Crippen molar-refractivity contribution in [1.29, 1.82) is 0 Å². The summed E-state index contributed by atoms with van der Waals surface area (Å²) in [5.74, 6) is -0.186. The standard InChI is InChI=1S/C31H31N3O3/c1-21-5-7-23(8-6-21)19-34-20-27(18-32-34)31(37)33-28-11-12-30(36)29(17-28)26-15-24-10-9-22(4-2-3-13-35)14-25(24)16-26/h5-11,14,16-18,20,35H,2-4,12-13,15,19H2,1H3,(H,33,37). The molecule has 0 saturated carbocycles. The Kier molecular flexibility index (Phi) is 7.28. The van der Waals surface area contributed by atoms with Crippen LogP contribution in [0.2, 0.25) is 0 Å². The van der Waals surface area contributed by atoms with E-state index < -0.39 is 0 Å². The summed E-state index contributed by atoms with van der Waals surface area (Å²) in [6.07, 6.45) is 12.6. The molecular weight excluding hydrogens is 462 g/mol. The van der Waals surface area contributed by atoms with Crippen molar-refractivity contribution in [2.45, 2.75) is 45.6 Å². The summed E-state index contributed by atoms with van der Waals surface area (Å²) in [6, 6.07) is 14.7. The summed E-state index contributed by atoms with van der Waals surface area (Å²) in [7, 11) is 0. The number of aryl methyl sites for hydroxylation is 2. The number of fused-ring (bicyclic) bond motifs is 1. The minimum Gasteiger partial charge on any atom is -0.396 e. The average Bonchev–Trinajstić information content (AvgIpc) is 3.54. The Labute approximate surface area is 217 Å². The summed E-state index contributed by atoms with van der Waals surface area (Å²) in [6.45, 7) is 2.86. The molecule has 0 aliphatic heterocycles. The fourth-order valence-electron chi connectivity index (χ4n) is 4.77. The van der Waals surface area contributed by atoms with E-state index in [1.807, 2.05) is 6.92 Å². The molecule has 1 amide bonds. The second-order valence-corrected chi connectivity index (χ2v) is 9.77. The lowest BCUT2D eigenvalue weighted by atomic mass is 9.93. The second-order valence-electron chi connectivity index (χ2n) is 9.77. The van der Waals surface area contributed by atoms with E-state index in [9.17, 15) is 9.59 Å². The largest absolute Gasteiger partial charge is 0.396 e. The van der Waals surface area contributed by atoms with E-state index in [4.69, 9.17) is 5.11 Å². The van der Waals surface area contributed by atoms with Crippen LogP contribution in [0.3, 0.4) is 0 Å². The number of carbonyl (C=O) groups excluding carboxylic acids is 2. The Balaban J connectivity index is 1.25. The van der Waals surface area contributed by atoms with Gasteiger partial charge in [-0.05, 0) is 66.5 Å². The number of benzene rings is 2. The number of aliphatic hydroxyl groups excluding tert-OH is 1. The van der Waals surface area contributed by atoms with Crippen LogP contribution < -0.4 is 5.32 Å². The van der Waals surface area contributed by atoms with Crippen molar-refractivity contribution in [3.05, 3.63) is 117 Å². The number of rotatable bonds is 9. The predicted octanol–water partition coefficient (Wildman–Crippen LogP) is 4.71. The molecule has 5 rings (SSSR count). The molecule has 0 bridgehead atoms. The van der Waals surface area contributed by atoms with Crippen LogP contribution in [0.1, 0.15) is 57.4 Å². The fraction of sp³-hybridized carbons (Fsp3) is 0.258. The maximum absolute atomic E-state index is 12.9. The van der Waals surface area contributed by atoms with Gasteiger partial charge in [0.2, 0.25) is 0 Å². The third kappa shape index (κ3) is 5.87. The molecule has 2 N–H and O–H groups in total. The number of unbranched alkanes of at least 4 members (excludes halogenated alkanes) is 1. The normalized spacial score (nSPS) is 14.6. The third-order valence-corrected chi connectivity index (χ3v) is 6.87. The van der Waals surface area contributed by atoms with E-state index >= 15 is 0 Å². The molecular formula is C31H31N3O3. The van der Waals surface area contributed by atoms with Crippen LogP contribution >= 0.6 is 0 Å². The van der Waals surface area contributed by atoms with Crippen molar-refractivity contribution in [3.8, 4) is 0 Å². The van der Waals surface area contributed by atoms with E-state index in [1.54, 1.807) is 29.2 Å². The minimum absolute atomic E-state index is 0.0612. The van der Waals surface area contributed by atoms with E-state index in [2.05, 4.69) is 59.0 Å². The summed E-state index contributed by atoms with van der Waals surface area (Å²) in [4.78, 5) is 25.7. The number of Topliss-reactive ketones (excluding diaryl/α,β-unsaturated/α-hetero) is 1. The number of amides is 1. The molecule has 2 aromatic carbocycles. The molecule has 6 heteroatoms. The molecule has 1 aromatic heterocycles. The van der Waals surface area contributed by atoms with Crippen molar-refractivity contribution in [1.82, 2.24) is 15.1 Å². The van der Waals surface area contributed by atoms with Crippen LogP contribution in [0.15, 0.2) is 83.9 Å².